The van der Waals surface area contributed by atoms with Crippen molar-refractivity contribution < 1.29 is 14.3 Å². The highest BCUT2D eigenvalue weighted by molar-refractivity contribution is 9.10. The van der Waals surface area contributed by atoms with Crippen LogP contribution < -0.4 is 4.74 Å². The van der Waals surface area contributed by atoms with Crippen LogP contribution in [-0.4, -0.2) is 11.6 Å². The number of benzene rings is 2. The van der Waals surface area contributed by atoms with Crippen molar-refractivity contribution in [1.82, 2.24) is 0 Å². The van der Waals surface area contributed by atoms with Crippen LogP contribution in [0.2, 0.25) is 0 Å². The van der Waals surface area contributed by atoms with Gasteiger partial charge in [-0.25, -0.2) is 0 Å². The van der Waals surface area contributed by atoms with Crippen LogP contribution in [0.3, 0.4) is 0 Å². The molecule has 0 aromatic heterocycles. The van der Waals surface area contributed by atoms with Gasteiger partial charge >= 0.3 is 0 Å². The maximum Gasteiger partial charge on any atom is 0.160 e. The quantitative estimate of drug-likeness (QED) is 0.668. The lowest BCUT2D eigenvalue weighted by Crippen LogP contribution is -2.03. The molecule has 0 amide bonds. The van der Waals surface area contributed by atoms with E-state index in [-0.39, 0.29) is 11.6 Å². The molecule has 2 aromatic rings. The van der Waals surface area contributed by atoms with E-state index in [1.807, 2.05) is 31.2 Å². The van der Waals surface area contributed by atoms with Gasteiger partial charge in [-0.1, -0.05) is 35.0 Å². The zero-order valence-electron chi connectivity index (χ0n) is 13.5. The lowest BCUT2D eigenvalue weighted by Gasteiger charge is -2.12. The lowest BCUT2D eigenvalue weighted by molar-refractivity contribution is 0.100. The van der Waals surface area contributed by atoms with Gasteiger partial charge in [-0.15, -0.1) is 0 Å². The topological polar surface area (TPSA) is 43.4 Å². The highest BCUT2D eigenvalue weighted by Crippen LogP contribution is 2.23. The highest BCUT2D eigenvalue weighted by atomic mass is 79.9. The number of halogens is 1. The van der Waals surface area contributed by atoms with E-state index in [2.05, 4.69) is 15.9 Å². The third-order valence-electron chi connectivity index (χ3n) is 3.69. The molecule has 0 aliphatic heterocycles. The molecular weight excluding hydrogens is 356 g/mol. The van der Waals surface area contributed by atoms with Crippen molar-refractivity contribution in [3.63, 3.8) is 0 Å². The SMILES string of the molecule is CCc1ccc(OCc2cc(C(C)=O)ccc2Br)cc1C(C)=O. The Kier molecular flexibility index (Phi) is 5.72. The first kappa shape index (κ1) is 17.4. The second-order valence-electron chi connectivity index (χ2n) is 5.38. The zero-order chi connectivity index (χ0) is 17.0. The monoisotopic (exact) mass is 374 g/mol. The van der Waals surface area contributed by atoms with Gasteiger partial charge in [0.25, 0.3) is 0 Å². The largest absolute Gasteiger partial charge is 0.489 e. The molecule has 3 nitrogen and oxygen atoms in total. The van der Waals surface area contributed by atoms with Crippen molar-refractivity contribution in [3.05, 3.63) is 63.1 Å². The summed E-state index contributed by atoms with van der Waals surface area (Å²) in [4.78, 5) is 23.2. The predicted molar refractivity (Wildman–Crippen MR) is 94.3 cm³/mol. The summed E-state index contributed by atoms with van der Waals surface area (Å²) in [7, 11) is 0. The number of carbonyl (C=O) groups excluding carboxylic acids is 2. The molecule has 0 heterocycles. The second kappa shape index (κ2) is 7.55. The van der Waals surface area contributed by atoms with Crippen molar-refractivity contribution in [3.8, 4) is 5.75 Å². The minimum atomic E-state index is 0.0184. The average Bonchev–Trinajstić information content (AvgIpc) is 2.53. The molecule has 120 valence electrons. The van der Waals surface area contributed by atoms with E-state index in [1.165, 1.54) is 6.92 Å². The van der Waals surface area contributed by atoms with Crippen LogP contribution in [0.15, 0.2) is 40.9 Å². The second-order valence-corrected chi connectivity index (χ2v) is 6.23. The Morgan fingerprint density at radius 3 is 2.35 bits per heavy atom. The number of Topliss-reactive ketones (excluding diaryl/α,β-unsaturated/α-hetero) is 2. The lowest BCUT2D eigenvalue weighted by atomic mass is 10.0. The van der Waals surface area contributed by atoms with Gasteiger partial charge in [0.2, 0.25) is 0 Å². The minimum absolute atomic E-state index is 0.0184. The average molecular weight is 375 g/mol. The van der Waals surface area contributed by atoms with Crippen LogP contribution in [0, 0.1) is 0 Å². The van der Waals surface area contributed by atoms with Gasteiger partial charge in [0.05, 0.1) is 0 Å². The van der Waals surface area contributed by atoms with Crippen molar-refractivity contribution in [2.24, 2.45) is 0 Å². The van der Waals surface area contributed by atoms with Crippen LogP contribution in [-0.2, 0) is 13.0 Å². The molecule has 23 heavy (non-hydrogen) atoms. The van der Waals surface area contributed by atoms with Crippen LogP contribution in [0.5, 0.6) is 5.75 Å². The number of ketones is 2. The molecule has 0 spiro atoms. The van der Waals surface area contributed by atoms with E-state index in [4.69, 9.17) is 4.74 Å². The van der Waals surface area contributed by atoms with Crippen LogP contribution in [0.4, 0.5) is 0 Å². The van der Waals surface area contributed by atoms with E-state index in [0.717, 1.165) is 22.0 Å². The summed E-state index contributed by atoms with van der Waals surface area (Å²) in [6, 6.07) is 11.0. The van der Waals surface area contributed by atoms with Gasteiger partial charge < -0.3 is 4.74 Å². The Morgan fingerprint density at radius 2 is 1.74 bits per heavy atom. The fourth-order valence-corrected chi connectivity index (χ4v) is 2.71. The third-order valence-corrected chi connectivity index (χ3v) is 4.46. The van der Waals surface area contributed by atoms with Gasteiger partial charge in [-0.2, -0.15) is 0 Å². The van der Waals surface area contributed by atoms with Crippen molar-refractivity contribution >= 4 is 27.5 Å². The Labute approximate surface area is 144 Å². The summed E-state index contributed by atoms with van der Waals surface area (Å²) >= 11 is 3.47. The predicted octanol–water partition coefficient (Wildman–Crippen LogP) is 5.00. The summed E-state index contributed by atoms with van der Waals surface area (Å²) in [6.45, 7) is 5.44. The summed E-state index contributed by atoms with van der Waals surface area (Å²) in [5.41, 5.74) is 3.25. The molecule has 0 atom stereocenters. The van der Waals surface area contributed by atoms with E-state index >= 15 is 0 Å². The smallest absolute Gasteiger partial charge is 0.160 e. The van der Waals surface area contributed by atoms with E-state index in [1.54, 1.807) is 19.1 Å². The first-order valence-electron chi connectivity index (χ1n) is 7.48. The molecule has 2 rings (SSSR count). The first-order chi connectivity index (χ1) is 10.9. The molecule has 0 unspecified atom stereocenters. The number of hydrogen-bond donors (Lipinski definition) is 0. The molecule has 0 saturated carbocycles. The number of carbonyl (C=O) groups is 2. The molecule has 0 saturated heterocycles. The van der Waals surface area contributed by atoms with Gasteiger partial charge in [-0.3, -0.25) is 9.59 Å². The van der Waals surface area contributed by atoms with Gasteiger partial charge in [0, 0.05) is 21.2 Å². The standard InChI is InChI=1S/C19H19BrO3/c1-4-14-5-7-17(10-18(14)13(3)22)23-11-16-9-15(12(2)21)6-8-19(16)20/h5-10H,4,11H2,1-3H3. The molecular formula is C19H19BrO3. The van der Waals surface area contributed by atoms with Crippen molar-refractivity contribution in [2.75, 3.05) is 0 Å². The number of rotatable bonds is 6. The van der Waals surface area contributed by atoms with Crippen LogP contribution >= 0.6 is 15.9 Å². The van der Waals surface area contributed by atoms with Gasteiger partial charge in [0.15, 0.2) is 11.6 Å². The summed E-state index contributed by atoms with van der Waals surface area (Å²) < 4.78 is 6.69. The molecule has 0 aliphatic rings. The molecule has 0 bridgehead atoms. The van der Waals surface area contributed by atoms with Gasteiger partial charge in [-0.05, 0) is 50.1 Å². The van der Waals surface area contributed by atoms with Crippen LogP contribution in [0.1, 0.15) is 52.6 Å². The summed E-state index contributed by atoms with van der Waals surface area (Å²) in [5, 5.41) is 0. The zero-order valence-corrected chi connectivity index (χ0v) is 15.1. The molecule has 2 aromatic carbocycles. The maximum atomic E-state index is 11.7. The van der Waals surface area contributed by atoms with E-state index < -0.39 is 0 Å². The molecule has 0 aliphatic carbocycles. The van der Waals surface area contributed by atoms with Crippen LogP contribution in [0.25, 0.3) is 0 Å². The van der Waals surface area contributed by atoms with E-state index in [0.29, 0.717) is 23.5 Å². The summed E-state index contributed by atoms with van der Waals surface area (Å²) in [5.74, 6) is 0.699. The minimum Gasteiger partial charge on any atom is -0.489 e. The number of aryl methyl sites for hydroxylation is 1. The fraction of sp³-hybridized carbons (Fsp3) is 0.263. The molecule has 4 heteroatoms. The van der Waals surface area contributed by atoms with E-state index in [9.17, 15) is 9.59 Å². The van der Waals surface area contributed by atoms with Gasteiger partial charge in [0.1, 0.15) is 12.4 Å². The number of hydrogen-bond acceptors (Lipinski definition) is 3. The highest BCUT2D eigenvalue weighted by Gasteiger charge is 2.09. The number of ether oxygens (including phenoxy) is 1. The fourth-order valence-electron chi connectivity index (χ4n) is 2.35. The van der Waals surface area contributed by atoms with Crippen molar-refractivity contribution in [1.29, 1.82) is 0 Å². The maximum absolute atomic E-state index is 11.7. The summed E-state index contributed by atoms with van der Waals surface area (Å²) in [6.07, 6.45) is 0.807. The Morgan fingerprint density at radius 1 is 1.00 bits per heavy atom. The van der Waals surface area contributed by atoms with Crippen molar-refractivity contribution in [2.45, 2.75) is 33.8 Å². The normalized spacial score (nSPS) is 10.4. The Bertz CT molecular complexity index is 750. The third kappa shape index (κ3) is 4.29. The Balaban J connectivity index is 2.21. The first-order valence-corrected chi connectivity index (χ1v) is 8.27. The Hall–Kier alpha value is -1.94. The molecule has 0 N–H and O–H groups in total. The molecule has 0 fully saturated rings. The molecule has 0 radical (unpaired) electrons.